The van der Waals surface area contributed by atoms with Crippen LogP contribution in [0.3, 0.4) is 0 Å². The van der Waals surface area contributed by atoms with Crippen molar-refractivity contribution in [3.63, 3.8) is 0 Å². The summed E-state index contributed by atoms with van der Waals surface area (Å²) in [6.45, 7) is 0.142. The molecule has 2 aliphatic rings. The van der Waals surface area contributed by atoms with Crippen molar-refractivity contribution in [2.45, 2.75) is 18.2 Å². The number of halogens is 1. The van der Waals surface area contributed by atoms with E-state index in [0.717, 1.165) is 0 Å². The molecule has 0 saturated carbocycles. The van der Waals surface area contributed by atoms with Crippen LogP contribution in [0.4, 0.5) is 4.39 Å². The summed E-state index contributed by atoms with van der Waals surface area (Å²) in [5.41, 5.74) is 6.57. The molecular weight excluding hydrogens is 407 g/mol. The van der Waals surface area contributed by atoms with E-state index in [2.05, 4.69) is 9.98 Å². The topological polar surface area (TPSA) is 111 Å². The van der Waals surface area contributed by atoms with E-state index in [9.17, 15) is 9.18 Å². The van der Waals surface area contributed by atoms with Crippen molar-refractivity contribution in [1.29, 1.82) is 5.26 Å². The summed E-state index contributed by atoms with van der Waals surface area (Å²) in [4.78, 5) is 21.2. The van der Waals surface area contributed by atoms with Crippen LogP contribution >= 0.6 is 11.8 Å². The minimum absolute atomic E-state index is 0.0371. The normalized spacial score (nSPS) is 25.3. The maximum atomic E-state index is 14.9. The van der Waals surface area contributed by atoms with Crippen LogP contribution in [-0.4, -0.2) is 41.7 Å². The number of hydrogen-bond donors (Lipinski definition) is 1. The third-order valence-electron chi connectivity index (χ3n) is 5.40. The predicted octanol–water partition coefficient (Wildman–Crippen LogP) is 2.39. The minimum atomic E-state index is -0.994. The zero-order chi connectivity index (χ0) is 21.3. The number of hydrogen-bond acceptors (Lipinski definition) is 8. The fraction of sp³-hybridized carbons (Fsp3) is 0.333. The quantitative estimate of drug-likeness (QED) is 0.731. The molecule has 0 spiro atoms. The molecule has 0 aliphatic carbocycles. The predicted molar refractivity (Wildman–Crippen MR) is 109 cm³/mol. The maximum absolute atomic E-state index is 14.9. The molecule has 1 aromatic carbocycles. The molecule has 1 aromatic heterocycles. The van der Waals surface area contributed by atoms with Crippen LogP contribution in [0.1, 0.15) is 27.2 Å². The van der Waals surface area contributed by atoms with E-state index >= 15 is 0 Å². The highest BCUT2D eigenvalue weighted by Gasteiger charge is 2.54. The van der Waals surface area contributed by atoms with Gasteiger partial charge < -0.3 is 15.2 Å². The van der Waals surface area contributed by atoms with Crippen LogP contribution in [0.2, 0.25) is 0 Å². The Hall–Kier alpha value is -2.80. The van der Waals surface area contributed by atoms with Crippen LogP contribution in [0.25, 0.3) is 0 Å². The number of carbonyl (C=O) groups is 1. The molecule has 2 N–H and O–H groups in total. The van der Waals surface area contributed by atoms with Gasteiger partial charge in [0.1, 0.15) is 23.1 Å². The summed E-state index contributed by atoms with van der Waals surface area (Å²) < 4.78 is 26.1. The summed E-state index contributed by atoms with van der Waals surface area (Å²) in [7, 11) is 1.54. The second kappa shape index (κ2) is 8.14. The summed E-state index contributed by atoms with van der Waals surface area (Å²) in [5.74, 6) is -0.284. The van der Waals surface area contributed by atoms with E-state index in [-0.39, 0.29) is 30.4 Å². The van der Waals surface area contributed by atoms with Gasteiger partial charge in [0, 0.05) is 31.0 Å². The van der Waals surface area contributed by atoms with E-state index in [4.69, 9.17) is 20.5 Å². The lowest BCUT2D eigenvalue weighted by molar-refractivity contribution is -0.106. The van der Waals surface area contributed by atoms with Crippen LogP contribution in [0.15, 0.2) is 41.5 Å². The van der Waals surface area contributed by atoms with Gasteiger partial charge in [0.15, 0.2) is 17.2 Å². The molecule has 2 aliphatic heterocycles. The van der Waals surface area contributed by atoms with E-state index in [1.807, 2.05) is 6.07 Å². The molecule has 0 bridgehead atoms. The number of fused-ring (bicyclic) bond motifs is 1. The first-order valence-corrected chi connectivity index (χ1v) is 10.3. The van der Waals surface area contributed by atoms with Crippen LogP contribution in [0, 0.1) is 23.1 Å². The average molecular weight is 426 g/mol. The molecule has 1 saturated heterocycles. The third-order valence-corrected chi connectivity index (χ3v) is 6.32. The fourth-order valence-corrected chi connectivity index (χ4v) is 4.89. The summed E-state index contributed by atoms with van der Waals surface area (Å²) in [6, 6.07) is 9.57. The molecule has 4 rings (SSSR count). The van der Waals surface area contributed by atoms with Crippen molar-refractivity contribution in [2.24, 2.45) is 16.6 Å². The summed E-state index contributed by atoms with van der Waals surface area (Å²) in [5, 5.41) is 9.23. The summed E-state index contributed by atoms with van der Waals surface area (Å²) in [6.07, 6.45) is 0.877. The smallest absolute Gasteiger partial charge is 0.185 e. The number of ether oxygens (including phenoxy) is 2. The van der Waals surface area contributed by atoms with Gasteiger partial charge in [-0.05, 0) is 29.8 Å². The summed E-state index contributed by atoms with van der Waals surface area (Å²) >= 11 is 1.39. The number of pyridine rings is 1. The molecule has 1 fully saturated rings. The standard InChI is InChI=1S/C21H19FN4O3S/c1-28-19-15-10-30-20(24)26-21(15,11-29-19)14-6-12(2-4-16(14)22)7-18(27)17-5-3-13(8-23)9-25-17/h2-6,9,15,19H,7,10-11H2,1H3,(H2,24,26)/t15-,19+,21-/m1/s1. The number of methoxy groups -OCH3 is 1. The second-order valence-corrected chi connectivity index (χ2v) is 8.21. The van der Waals surface area contributed by atoms with Crippen LogP contribution in [-0.2, 0) is 21.4 Å². The lowest BCUT2D eigenvalue weighted by Crippen LogP contribution is -2.42. The molecular formula is C21H19FN4O3S. The number of nitrogens with zero attached hydrogens (tertiary/aromatic N) is 3. The van der Waals surface area contributed by atoms with Crippen molar-refractivity contribution in [3.05, 3.63) is 64.7 Å². The molecule has 3 atom stereocenters. The molecule has 154 valence electrons. The van der Waals surface area contributed by atoms with E-state index < -0.39 is 17.6 Å². The van der Waals surface area contributed by atoms with E-state index in [1.165, 1.54) is 36.2 Å². The Morgan fingerprint density at radius 3 is 3.00 bits per heavy atom. The minimum Gasteiger partial charge on any atom is -0.379 e. The molecule has 0 amide bonds. The maximum Gasteiger partial charge on any atom is 0.185 e. The Labute approximate surface area is 177 Å². The third kappa shape index (κ3) is 3.58. The van der Waals surface area contributed by atoms with Gasteiger partial charge in [-0.2, -0.15) is 5.26 Å². The molecule has 0 radical (unpaired) electrons. The number of nitrogens with two attached hydrogens (primary N) is 1. The van der Waals surface area contributed by atoms with Crippen molar-refractivity contribution in [1.82, 2.24) is 4.98 Å². The Morgan fingerprint density at radius 2 is 2.30 bits per heavy atom. The lowest BCUT2D eigenvalue weighted by atomic mass is 9.80. The number of Topliss-reactive ketones (excluding diaryl/α,β-unsaturated/α-hetero) is 1. The largest absolute Gasteiger partial charge is 0.379 e. The van der Waals surface area contributed by atoms with Crippen molar-refractivity contribution in [2.75, 3.05) is 19.5 Å². The molecule has 2 aromatic rings. The highest BCUT2D eigenvalue weighted by Crippen LogP contribution is 2.48. The van der Waals surface area contributed by atoms with Gasteiger partial charge in [-0.25, -0.2) is 9.38 Å². The van der Waals surface area contributed by atoms with Crippen molar-refractivity contribution >= 4 is 22.7 Å². The molecule has 9 heteroatoms. The van der Waals surface area contributed by atoms with Crippen molar-refractivity contribution in [3.8, 4) is 6.07 Å². The zero-order valence-corrected chi connectivity index (χ0v) is 17.0. The molecule has 7 nitrogen and oxygen atoms in total. The van der Waals surface area contributed by atoms with Gasteiger partial charge in [-0.3, -0.25) is 9.78 Å². The Balaban J connectivity index is 1.67. The number of rotatable bonds is 5. The first-order valence-electron chi connectivity index (χ1n) is 9.27. The number of benzene rings is 1. The Morgan fingerprint density at radius 1 is 1.47 bits per heavy atom. The van der Waals surface area contributed by atoms with Gasteiger partial charge in [0.2, 0.25) is 0 Å². The number of amidine groups is 1. The van der Waals surface area contributed by atoms with E-state index in [0.29, 0.717) is 27.6 Å². The highest BCUT2D eigenvalue weighted by atomic mass is 32.2. The van der Waals surface area contributed by atoms with Crippen LogP contribution in [0.5, 0.6) is 0 Å². The first kappa shape index (κ1) is 20.5. The molecule has 3 heterocycles. The number of nitriles is 1. The van der Waals surface area contributed by atoms with Gasteiger partial charge in [-0.1, -0.05) is 17.8 Å². The number of aliphatic imine (C=N–C) groups is 1. The second-order valence-electron chi connectivity index (χ2n) is 7.16. The Kier molecular flexibility index (Phi) is 5.56. The fourth-order valence-electron chi connectivity index (χ4n) is 3.88. The molecule has 0 unspecified atom stereocenters. The number of thioether (sulfide) groups is 1. The Bertz CT molecular complexity index is 1050. The van der Waals surface area contributed by atoms with Gasteiger partial charge >= 0.3 is 0 Å². The number of carbonyl (C=O) groups excluding carboxylic acids is 1. The lowest BCUT2D eigenvalue weighted by Gasteiger charge is -2.35. The van der Waals surface area contributed by atoms with Crippen molar-refractivity contribution < 1.29 is 18.7 Å². The van der Waals surface area contributed by atoms with Gasteiger partial charge in [0.05, 0.1) is 18.1 Å². The zero-order valence-electron chi connectivity index (χ0n) is 16.2. The number of aromatic nitrogens is 1. The van der Waals surface area contributed by atoms with Gasteiger partial charge in [0.25, 0.3) is 0 Å². The first-order chi connectivity index (χ1) is 14.5. The van der Waals surface area contributed by atoms with E-state index in [1.54, 1.807) is 19.2 Å². The SMILES string of the molecule is CO[C@H]1OC[C@]2(c3cc(CC(=O)c4ccc(C#N)cn4)ccc3F)N=C(N)SC[C@H]12. The van der Waals surface area contributed by atoms with Crippen LogP contribution < -0.4 is 5.73 Å². The molecule has 30 heavy (non-hydrogen) atoms. The monoisotopic (exact) mass is 426 g/mol. The highest BCUT2D eigenvalue weighted by molar-refractivity contribution is 8.13. The number of ketones is 1. The van der Waals surface area contributed by atoms with Gasteiger partial charge in [-0.15, -0.1) is 0 Å². The average Bonchev–Trinajstić information content (AvgIpc) is 3.13.